The lowest BCUT2D eigenvalue weighted by Gasteiger charge is -2.12. The van der Waals surface area contributed by atoms with Gasteiger partial charge in [-0.05, 0) is 30.2 Å². The van der Waals surface area contributed by atoms with Gasteiger partial charge in [-0.3, -0.25) is 19.0 Å². The van der Waals surface area contributed by atoms with Crippen LogP contribution >= 0.6 is 11.3 Å². The minimum absolute atomic E-state index is 0.135. The molecule has 5 nitrogen and oxygen atoms in total. The zero-order valence-corrected chi connectivity index (χ0v) is 18.6. The maximum absolute atomic E-state index is 13.0. The van der Waals surface area contributed by atoms with Crippen LogP contribution in [-0.2, 0) is 22.3 Å². The Morgan fingerprint density at radius 2 is 1.87 bits per heavy atom. The predicted molar refractivity (Wildman–Crippen MR) is 115 cm³/mol. The van der Waals surface area contributed by atoms with Gasteiger partial charge in [-0.25, -0.2) is 0 Å². The summed E-state index contributed by atoms with van der Waals surface area (Å²) < 4.78 is 40.6. The molecule has 0 spiro atoms. The Labute approximate surface area is 181 Å². The Balaban J connectivity index is 2.62. The normalized spacial score (nSPS) is 13.5. The zero-order chi connectivity index (χ0) is 23.4. The quantitative estimate of drug-likeness (QED) is 0.730. The number of nitrogens with zero attached hydrogens (tertiary/aromatic N) is 1. The molecule has 2 rings (SSSR count). The Morgan fingerprint density at radius 3 is 2.45 bits per heavy atom. The van der Waals surface area contributed by atoms with E-state index < -0.39 is 22.7 Å². The minimum atomic E-state index is -4.51. The highest BCUT2D eigenvalue weighted by molar-refractivity contribution is 7.07. The van der Waals surface area contributed by atoms with Crippen LogP contribution in [0.3, 0.4) is 0 Å². The second kappa shape index (κ2) is 9.64. The molecule has 1 N–H and O–H groups in total. The molecule has 168 valence electrons. The van der Waals surface area contributed by atoms with Gasteiger partial charge in [-0.1, -0.05) is 39.8 Å². The third kappa shape index (κ3) is 6.65. The van der Waals surface area contributed by atoms with Crippen molar-refractivity contribution in [2.45, 2.75) is 46.8 Å². The molecule has 31 heavy (non-hydrogen) atoms. The van der Waals surface area contributed by atoms with Gasteiger partial charge in [-0.2, -0.15) is 13.2 Å². The summed E-state index contributed by atoms with van der Waals surface area (Å²) in [4.78, 5) is 37.6. The number of carbonyl (C=O) groups is 2. The van der Waals surface area contributed by atoms with E-state index in [1.165, 1.54) is 28.9 Å². The van der Waals surface area contributed by atoms with Gasteiger partial charge in [0.1, 0.15) is 11.2 Å². The van der Waals surface area contributed by atoms with Crippen LogP contribution in [0, 0.1) is 5.41 Å². The van der Waals surface area contributed by atoms with E-state index in [-0.39, 0.29) is 33.0 Å². The largest absolute Gasteiger partial charge is 0.416 e. The second-order valence-corrected chi connectivity index (χ2v) is 9.13. The number of nitrogens with one attached hydrogen (secondary N) is 1. The number of amides is 1. The van der Waals surface area contributed by atoms with E-state index in [4.69, 9.17) is 0 Å². The van der Waals surface area contributed by atoms with E-state index in [0.29, 0.717) is 6.54 Å². The smallest absolute Gasteiger partial charge is 0.355 e. The van der Waals surface area contributed by atoms with Gasteiger partial charge in [0.2, 0.25) is 5.91 Å². The van der Waals surface area contributed by atoms with Crippen LogP contribution in [0.15, 0.2) is 29.1 Å². The number of Topliss-reactive ketones (excluding diaryl/α,β-unsaturated/α-hetero) is 1. The molecule has 0 atom stereocenters. The van der Waals surface area contributed by atoms with E-state index in [2.05, 4.69) is 5.32 Å². The van der Waals surface area contributed by atoms with E-state index in [1.54, 1.807) is 20.8 Å². The topological polar surface area (TPSA) is 68.2 Å². The molecule has 2 aromatic rings. The van der Waals surface area contributed by atoms with Crippen LogP contribution in [0.25, 0.3) is 12.2 Å². The monoisotopic (exact) mass is 454 g/mol. The number of aromatic nitrogens is 1. The highest BCUT2D eigenvalue weighted by Gasteiger charge is 2.30. The molecule has 0 aliphatic heterocycles. The molecule has 0 unspecified atom stereocenters. The molecule has 0 fully saturated rings. The van der Waals surface area contributed by atoms with Crippen molar-refractivity contribution in [2.24, 2.45) is 5.41 Å². The maximum Gasteiger partial charge on any atom is 0.416 e. The van der Waals surface area contributed by atoms with Gasteiger partial charge in [0.25, 0.3) is 5.56 Å². The SMILES string of the molecule is CCCNC(=O)Cn1c(=O)/c(=C\c2cccc(C(F)(F)F)c2)s/c1=C\C(=O)C(C)(C)C. The summed E-state index contributed by atoms with van der Waals surface area (Å²) in [6, 6.07) is 4.61. The first kappa shape index (κ1) is 24.6. The Hall–Kier alpha value is -2.68. The van der Waals surface area contributed by atoms with Crippen LogP contribution in [0.4, 0.5) is 13.2 Å². The molecule has 0 aliphatic carbocycles. The lowest BCUT2D eigenvalue weighted by molar-refractivity contribution is -0.137. The molecule has 0 saturated heterocycles. The lowest BCUT2D eigenvalue weighted by Crippen LogP contribution is -2.38. The van der Waals surface area contributed by atoms with E-state index in [9.17, 15) is 27.6 Å². The van der Waals surface area contributed by atoms with Crippen LogP contribution in [0.2, 0.25) is 0 Å². The maximum atomic E-state index is 13.0. The molecule has 9 heteroatoms. The standard InChI is InChI=1S/C22H25F3N2O3S/c1-5-9-26-18(29)13-27-19(12-17(28)21(2,3)4)31-16(20(27)30)11-14-7-6-8-15(10-14)22(23,24)25/h6-8,10-12H,5,9,13H2,1-4H3,(H,26,29)/b16-11+,19-12-. The average molecular weight is 455 g/mol. The number of thiazole rings is 1. The summed E-state index contributed by atoms with van der Waals surface area (Å²) in [6.45, 7) is 7.23. The molecule has 1 heterocycles. The summed E-state index contributed by atoms with van der Waals surface area (Å²) in [5.74, 6) is -0.618. The highest BCUT2D eigenvalue weighted by atomic mass is 32.1. The van der Waals surface area contributed by atoms with Crippen molar-refractivity contribution in [1.29, 1.82) is 0 Å². The summed E-state index contributed by atoms with van der Waals surface area (Å²) >= 11 is 0.962. The number of benzene rings is 1. The number of hydrogen-bond acceptors (Lipinski definition) is 4. The van der Waals surface area contributed by atoms with Gasteiger partial charge in [0, 0.05) is 18.0 Å². The fraction of sp³-hybridized carbons (Fsp3) is 0.409. The van der Waals surface area contributed by atoms with Crippen LogP contribution in [-0.4, -0.2) is 22.8 Å². The first-order valence-corrected chi connectivity index (χ1v) is 10.6. The fourth-order valence-electron chi connectivity index (χ4n) is 2.54. The minimum Gasteiger partial charge on any atom is -0.355 e. The van der Waals surface area contributed by atoms with E-state index in [0.717, 1.165) is 29.9 Å². The Kier molecular flexibility index (Phi) is 7.64. The third-order valence-corrected chi connectivity index (χ3v) is 5.38. The number of rotatable bonds is 6. The molecule has 1 aromatic carbocycles. The van der Waals surface area contributed by atoms with Crippen molar-refractivity contribution in [3.8, 4) is 0 Å². The first-order chi connectivity index (χ1) is 14.3. The molecule has 0 radical (unpaired) electrons. The Morgan fingerprint density at radius 1 is 1.19 bits per heavy atom. The van der Waals surface area contributed by atoms with Crippen molar-refractivity contribution in [3.63, 3.8) is 0 Å². The Bertz CT molecular complexity index is 1140. The van der Waals surface area contributed by atoms with Gasteiger partial charge in [-0.15, -0.1) is 11.3 Å². The second-order valence-electron chi connectivity index (χ2n) is 8.07. The molecule has 0 bridgehead atoms. The predicted octanol–water partition coefficient (Wildman–Crippen LogP) is 2.68. The van der Waals surface area contributed by atoms with Crippen molar-refractivity contribution in [2.75, 3.05) is 6.54 Å². The van der Waals surface area contributed by atoms with Crippen LogP contribution < -0.4 is 20.1 Å². The number of alkyl halides is 3. The molecule has 1 amide bonds. The zero-order valence-electron chi connectivity index (χ0n) is 17.8. The molecular weight excluding hydrogens is 429 g/mol. The first-order valence-electron chi connectivity index (χ1n) is 9.74. The number of ketones is 1. The third-order valence-electron chi connectivity index (χ3n) is 4.32. The molecule has 0 aliphatic rings. The molecule has 0 saturated carbocycles. The molecule has 1 aromatic heterocycles. The number of carbonyl (C=O) groups excluding carboxylic acids is 2. The average Bonchev–Trinajstić information content (AvgIpc) is 2.94. The van der Waals surface area contributed by atoms with E-state index >= 15 is 0 Å². The van der Waals surface area contributed by atoms with Gasteiger partial charge >= 0.3 is 6.18 Å². The number of halogens is 3. The number of hydrogen-bond donors (Lipinski definition) is 1. The van der Waals surface area contributed by atoms with Gasteiger partial charge in [0.05, 0.1) is 10.1 Å². The van der Waals surface area contributed by atoms with Crippen LogP contribution in [0.1, 0.15) is 45.2 Å². The summed E-state index contributed by atoms with van der Waals surface area (Å²) in [7, 11) is 0. The summed E-state index contributed by atoms with van der Waals surface area (Å²) in [5.41, 5.74) is -1.86. The fourth-order valence-corrected chi connectivity index (χ4v) is 3.58. The van der Waals surface area contributed by atoms with Gasteiger partial charge in [0.15, 0.2) is 5.78 Å². The summed E-state index contributed by atoms with van der Waals surface area (Å²) in [5, 5.41) is 2.67. The lowest BCUT2D eigenvalue weighted by atomic mass is 9.91. The summed E-state index contributed by atoms with van der Waals surface area (Å²) in [6.07, 6.45) is -1.14. The van der Waals surface area contributed by atoms with E-state index in [1.807, 2.05) is 6.92 Å². The van der Waals surface area contributed by atoms with Crippen molar-refractivity contribution < 1.29 is 22.8 Å². The molecular formula is C22H25F3N2O3S. The van der Waals surface area contributed by atoms with Crippen molar-refractivity contribution in [1.82, 2.24) is 9.88 Å². The highest BCUT2D eigenvalue weighted by Crippen LogP contribution is 2.29. The van der Waals surface area contributed by atoms with Gasteiger partial charge < -0.3 is 5.32 Å². The van der Waals surface area contributed by atoms with Crippen molar-refractivity contribution in [3.05, 3.63) is 54.9 Å². The van der Waals surface area contributed by atoms with Crippen LogP contribution in [0.5, 0.6) is 0 Å². The van der Waals surface area contributed by atoms with Crippen molar-refractivity contribution >= 4 is 35.2 Å².